The number of nitrogens with zero attached hydrogens (tertiary/aromatic N) is 2. The predicted octanol–water partition coefficient (Wildman–Crippen LogP) is 4.04. The Morgan fingerprint density at radius 3 is 2.79 bits per heavy atom. The van der Waals surface area contributed by atoms with Crippen molar-refractivity contribution in [3.05, 3.63) is 30.0 Å². The molecule has 0 radical (unpaired) electrons. The summed E-state index contributed by atoms with van der Waals surface area (Å²) in [7, 11) is 0. The maximum atomic E-state index is 5.43. The first-order valence-corrected chi connectivity index (χ1v) is 8.53. The quantitative estimate of drug-likeness (QED) is 0.835. The molecule has 0 saturated heterocycles. The third-order valence-corrected chi connectivity index (χ3v) is 4.37. The molecule has 1 saturated carbocycles. The molecule has 2 aliphatic rings. The number of rotatable bonds is 6. The van der Waals surface area contributed by atoms with Crippen molar-refractivity contribution in [3.8, 4) is 11.5 Å². The average Bonchev–Trinajstić information content (AvgIpc) is 3.33. The highest BCUT2D eigenvalue weighted by Crippen LogP contribution is 2.40. The molecule has 24 heavy (non-hydrogen) atoms. The number of hydrogen-bond acceptors (Lipinski definition) is 6. The highest BCUT2D eigenvalue weighted by atomic mass is 16.7. The summed E-state index contributed by atoms with van der Waals surface area (Å²) in [5, 5.41) is 6.74. The Balaban J connectivity index is 1.59. The smallest absolute Gasteiger partial charge is 0.231 e. The molecule has 126 valence electrons. The zero-order valence-corrected chi connectivity index (χ0v) is 14.0. The van der Waals surface area contributed by atoms with Gasteiger partial charge in [0.25, 0.3) is 0 Å². The number of aromatic nitrogens is 2. The lowest BCUT2D eigenvalue weighted by Crippen LogP contribution is -2.16. The minimum absolute atomic E-state index is 0.279. The minimum atomic E-state index is 0.279. The van der Waals surface area contributed by atoms with E-state index in [4.69, 9.17) is 9.47 Å². The van der Waals surface area contributed by atoms with Gasteiger partial charge < -0.3 is 20.1 Å². The van der Waals surface area contributed by atoms with Crippen LogP contribution in [0, 0.1) is 0 Å². The molecule has 6 heteroatoms. The van der Waals surface area contributed by atoms with E-state index in [1.807, 2.05) is 24.3 Å². The van der Waals surface area contributed by atoms with Gasteiger partial charge in [-0.1, -0.05) is 6.92 Å². The highest BCUT2D eigenvalue weighted by Gasteiger charge is 2.26. The summed E-state index contributed by atoms with van der Waals surface area (Å²) in [6.07, 6.45) is 3.45. The molecule has 1 aliphatic carbocycles. The Hall–Kier alpha value is -2.50. The fraction of sp³-hybridized carbons (Fsp3) is 0.444. The summed E-state index contributed by atoms with van der Waals surface area (Å²) < 4.78 is 10.8. The van der Waals surface area contributed by atoms with Crippen LogP contribution in [0.2, 0.25) is 0 Å². The molecule has 2 N–H and O–H groups in total. The fourth-order valence-corrected chi connectivity index (χ4v) is 2.63. The molecule has 0 unspecified atom stereocenters. The first kappa shape index (κ1) is 15.1. The van der Waals surface area contributed by atoms with Gasteiger partial charge in [-0.15, -0.1) is 0 Å². The van der Waals surface area contributed by atoms with Gasteiger partial charge in [0.2, 0.25) is 12.7 Å². The van der Waals surface area contributed by atoms with Crippen LogP contribution in [0.1, 0.15) is 44.7 Å². The molecular weight excluding hydrogens is 304 g/mol. The Morgan fingerprint density at radius 1 is 1.17 bits per heavy atom. The molecule has 0 amide bonds. The van der Waals surface area contributed by atoms with E-state index in [1.54, 1.807) is 0 Å². The number of fused-ring (bicyclic) bond motifs is 1. The summed E-state index contributed by atoms with van der Waals surface area (Å²) in [5.74, 6) is 3.60. The van der Waals surface area contributed by atoms with Gasteiger partial charge in [-0.05, 0) is 38.3 Å². The Morgan fingerprint density at radius 2 is 2.00 bits per heavy atom. The lowest BCUT2D eigenvalue weighted by molar-refractivity contribution is 0.174. The number of hydrogen-bond donors (Lipinski definition) is 2. The molecule has 1 aliphatic heterocycles. The highest BCUT2D eigenvalue weighted by molar-refractivity contribution is 5.63. The molecule has 1 fully saturated rings. The van der Waals surface area contributed by atoms with Gasteiger partial charge in [0, 0.05) is 29.8 Å². The fourth-order valence-electron chi connectivity index (χ4n) is 2.63. The summed E-state index contributed by atoms with van der Waals surface area (Å²) in [5.41, 5.74) is 2.04. The van der Waals surface area contributed by atoms with E-state index >= 15 is 0 Å². The van der Waals surface area contributed by atoms with Crippen molar-refractivity contribution in [2.45, 2.75) is 45.1 Å². The van der Waals surface area contributed by atoms with Gasteiger partial charge in [0.05, 0.1) is 5.69 Å². The van der Waals surface area contributed by atoms with Crippen LogP contribution in [-0.2, 0) is 0 Å². The Kier molecular flexibility index (Phi) is 3.88. The van der Waals surface area contributed by atoms with Crippen molar-refractivity contribution >= 4 is 17.5 Å². The van der Waals surface area contributed by atoms with Crippen molar-refractivity contribution in [3.63, 3.8) is 0 Å². The van der Waals surface area contributed by atoms with E-state index in [9.17, 15) is 0 Å². The van der Waals surface area contributed by atoms with Crippen LogP contribution >= 0.6 is 0 Å². The van der Waals surface area contributed by atoms with E-state index < -0.39 is 0 Å². The molecule has 2 heterocycles. The van der Waals surface area contributed by atoms with E-state index in [-0.39, 0.29) is 6.79 Å². The summed E-state index contributed by atoms with van der Waals surface area (Å²) in [6.45, 7) is 4.56. The molecule has 1 aromatic heterocycles. The average molecular weight is 326 g/mol. The van der Waals surface area contributed by atoms with E-state index in [1.165, 1.54) is 12.8 Å². The second kappa shape index (κ2) is 6.19. The maximum Gasteiger partial charge on any atom is 0.231 e. The van der Waals surface area contributed by atoms with Crippen molar-refractivity contribution < 1.29 is 9.47 Å². The predicted molar refractivity (Wildman–Crippen MR) is 93.2 cm³/mol. The largest absolute Gasteiger partial charge is 0.454 e. The normalized spacial score (nSPS) is 16.8. The number of anilines is 3. The number of benzene rings is 1. The van der Waals surface area contributed by atoms with Gasteiger partial charge in [-0.2, -0.15) is 4.98 Å². The van der Waals surface area contributed by atoms with Gasteiger partial charge in [-0.25, -0.2) is 4.98 Å². The molecule has 0 bridgehead atoms. The maximum absolute atomic E-state index is 5.43. The van der Waals surface area contributed by atoms with Crippen molar-refractivity contribution in [2.75, 3.05) is 17.4 Å². The van der Waals surface area contributed by atoms with Crippen LogP contribution in [0.15, 0.2) is 24.3 Å². The van der Waals surface area contributed by atoms with Crippen LogP contribution in [0.25, 0.3) is 0 Å². The molecule has 6 nitrogen and oxygen atoms in total. The lowest BCUT2D eigenvalue weighted by atomic mass is 10.2. The van der Waals surface area contributed by atoms with Crippen LogP contribution < -0.4 is 20.1 Å². The number of nitrogens with one attached hydrogen (secondary N) is 2. The Bertz CT molecular complexity index is 746. The van der Waals surface area contributed by atoms with E-state index in [0.29, 0.717) is 17.9 Å². The van der Waals surface area contributed by atoms with Crippen LogP contribution in [0.4, 0.5) is 17.5 Å². The SMILES string of the molecule is CC[C@H](C)Nc1nc(Nc2ccc3c(c2)OCO3)cc(C2CC2)n1. The van der Waals surface area contributed by atoms with E-state index in [0.717, 1.165) is 35.1 Å². The van der Waals surface area contributed by atoms with Crippen molar-refractivity contribution in [1.82, 2.24) is 9.97 Å². The van der Waals surface area contributed by atoms with Crippen LogP contribution in [-0.4, -0.2) is 22.8 Å². The molecule has 4 rings (SSSR count). The van der Waals surface area contributed by atoms with Crippen LogP contribution in [0.5, 0.6) is 11.5 Å². The first-order valence-electron chi connectivity index (χ1n) is 8.53. The summed E-state index contributed by atoms with van der Waals surface area (Å²) >= 11 is 0. The second-order valence-electron chi connectivity index (χ2n) is 6.42. The number of ether oxygens (including phenoxy) is 2. The van der Waals surface area contributed by atoms with E-state index in [2.05, 4.69) is 34.4 Å². The standard InChI is InChI=1S/C18H22N4O2/c1-3-11(2)19-18-21-14(12-4-5-12)9-17(22-18)20-13-6-7-15-16(8-13)24-10-23-15/h6-9,11-12H,3-5,10H2,1-2H3,(H2,19,20,21,22)/t11-/m0/s1. The molecular formula is C18H22N4O2. The zero-order chi connectivity index (χ0) is 16.5. The minimum Gasteiger partial charge on any atom is -0.454 e. The van der Waals surface area contributed by atoms with Crippen LogP contribution in [0.3, 0.4) is 0 Å². The zero-order valence-electron chi connectivity index (χ0n) is 14.0. The molecule has 1 aromatic carbocycles. The summed E-state index contributed by atoms with van der Waals surface area (Å²) in [6, 6.07) is 8.20. The molecule has 0 spiro atoms. The summed E-state index contributed by atoms with van der Waals surface area (Å²) in [4.78, 5) is 9.29. The van der Waals surface area contributed by atoms with Crippen molar-refractivity contribution in [1.29, 1.82) is 0 Å². The van der Waals surface area contributed by atoms with Gasteiger partial charge in [0.1, 0.15) is 5.82 Å². The second-order valence-corrected chi connectivity index (χ2v) is 6.42. The van der Waals surface area contributed by atoms with Gasteiger partial charge in [0.15, 0.2) is 11.5 Å². The van der Waals surface area contributed by atoms with Gasteiger partial charge >= 0.3 is 0 Å². The first-order chi connectivity index (χ1) is 11.7. The third-order valence-electron chi connectivity index (χ3n) is 4.37. The lowest BCUT2D eigenvalue weighted by Gasteiger charge is -2.14. The Labute approximate surface area is 141 Å². The molecule has 1 atom stereocenters. The molecule has 2 aromatic rings. The monoisotopic (exact) mass is 326 g/mol. The van der Waals surface area contributed by atoms with Gasteiger partial charge in [-0.3, -0.25) is 0 Å². The van der Waals surface area contributed by atoms with Crippen molar-refractivity contribution in [2.24, 2.45) is 0 Å². The third kappa shape index (κ3) is 3.22. The topological polar surface area (TPSA) is 68.3 Å².